The number of carbonyl (C=O) groups is 1. The van der Waals surface area contributed by atoms with Gasteiger partial charge in [0.2, 0.25) is 0 Å². The van der Waals surface area contributed by atoms with Crippen molar-refractivity contribution in [2.45, 2.75) is 6.18 Å². The van der Waals surface area contributed by atoms with E-state index in [4.69, 9.17) is 0 Å². The van der Waals surface area contributed by atoms with Crippen molar-refractivity contribution < 1.29 is 18.0 Å². The van der Waals surface area contributed by atoms with E-state index < -0.39 is 17.6 Å². The molecule has 0 aliphatic heterocycles. The number of nitrogens with zero attached hydrogens (tertiary/aromatic N) is 1. The van der Waals surface area contributed by atoms with Gasteiger partial charge in [0.15, 0.2) is 0 Å². The number of nitrogens with one attached hydrogen (secondary N) is 1. The molecular weight excluding hydrogens is 377 g/mol. The Balaban J connectivity index is 1.60. The highest BCUT2D eigenvalue weighted by molar-refractivity contribution is 6.05. The van der Waals surface area contributed by atoms with Crippen LogP contribution in [0.4, 0.5) is 18.9 Å². The number of rotatable bonds is 3. The monoisotopic (exact) mass is 392 g/mol. The molecular formula is C23H15F3N2O. The first-order valence-electron chi connectivity index (χ1n) is 8.83. The number of aromatic nitrogens is 1. The maximum atomic E-state index is 12.9. The topological polar surface area (TPSA) is 42.0 Å². The predicted octanol–water partition coefficient (Wildman–Crippen LogP) is 6.17. The third-order valence-corrected chi connectivity index (χ3v) is 4.55. The second-order valence-corrected chi connectivity index (χ2v) is 6.55. The van der Waals surface area contributed by atoms with Gasteiger partial charge in [0, 0.05) is 29.0 Å². The first kappa shape index (κ1) is 18.7. The summed E-state index contributed by atoms with van der Waals surface area (Å²) >= 11 is 0. The lowest BCUT2D eigenvalue weighted by atomic mass is 10.0. The van der Waals surface area contributed by atoms with Gasteiger partial charge < -0.3 is 5.32 Å². The molecule has 0 aliphatic rings. The molecule has 0 radical (unpaired) electrons. The number of pyridine rings is 1. The van der Waals surface area contributed by atoms with Gasteiger partial charge in [-0.1, -0.05) is 30.3 Å². The van der Waals surface area contributed by atoms with Crippen molar-refractivity contribution in [2.24, 2.45) is 0 Å². The van der Waals surface area contributed by atoms with E-state index >= 15 is 0 Å². The predicted molar refractivity (Wildman–Crippen MR) is 107 cm³/mol. The number of alkyl halides is 3. The number of halogens is 3. The van der Waals surface area contributed by atoms with Crippen molar-refractivity contribution in [2.75, 3.05) is 5.32 Å². The lowest BCUT2D eigenvalue weighted by Crippen LogP contribution is -2.13. The second kappa shape index (κ2) is 7.39. The van der Waals surface area contributed by atoms with Gasteiger partial charge in [-0.05, 0) is 59.0 Å². The fraction of sp³-hybridized carbons (Fsp3) is 0.0435. The highest BCUT2D eigenvalue weighted by Crippen LogP contribution is 2.31. The summed E-state index contributed by atoms with van der Waals surface area (Å²) in [4.78, 5) is 16.7. The molecule has 29 heavy (non-hydrogen) atoms. The number of benzene rings is 3. The summed E-state index contributed by atoms with van der Waals surface area (Å²) in [7, 11) is 0. The first-order chi connectivity index (χ1) is 13.9. The molecule has 0 saturated heterocycles. The van der Waals surface area contributed by atoms with Crippen LogP contribution in [0.25, 0.3) is 21.9 Å². The molecule has 1 aromatic heterocycles. The van der Waals surface area contributed by atoms with E-state index in [-0.39, 0.29) is 5.69 Å². The third-order valence-electron chi connectivity index (χ3n) is 4.55. The number of hydrogen-bond acceptors (Lipinski definition) is 2. The zero-order valence-corrected chi connectivity index (χ0v) is 15.1. The summed E-state index contributed by atoms with van der Waals surface area (Å²) in [6, 6.07) is 19.3. The normalized spacial score (nSPS) is 11.4. The van der Waals surface area contributed by atoms with E-state index in [1.165, 1.54) is 12.1 Å². The number of hydrogen-bond donors (Lipinski definition) is 1. The van der Waals surface area contributed by atoms with Gasteiger partial charge in [0.05, 0.1) is 5.56 Å². The van der Waals surface area contributed by atoms with Crippen molar-refractivity contribution in [3.05, 3.63) is 96.3 Å². The molecule has 1 N–H and O–H groups in total. The molecule has 0 unspecified atom stereocenters. The van der Waals surface area contributed by atoms with Crippen molar-refractivity contribution in [3.63, 3.8) is 0 Å². The van der Waals surface area contributed by atoms with Crippen LogP contribution in [0.1, 0.15) is 15.9 Å². The maximum absolute atomic E-state index is 12.9. The first-order valence-corrected chi connectivity index (χ1v) is 8.83. The molecule has 144 valence electrons. The van der Waals surface area contributed by atoms with E-state index in [1.54, 1.807) is 30.6 Å². The molecule has 3 aromatic carbocycles. The number of amides is 1. The van der Waals surface area contributed by atoms with E-state index in [2.05, 4.69) is 10.3 Å². The van der Waals surface area contributed by atoms with Gasteiger partial charge in [-0.15, -0.1) is 0 Å². The molecule has 0 fully saturated rings. The minimum Gasteiger partial charge on any atom is -0.322 e. The smallest absolute Gasteiger partial charge is 0.322 e. The number of fused-ring (bicyclic) bond motifs is 1. The summed E-state index contributed by atoms with van der Waals surface area (Å²) in [5.74, 6) is -0.478. The quantitative estimate of drug-likeness (QED) is 0.453. The van der Waals surface area contributed by atoms with Crippen LogP contribution in [0, 0.1) is 0 Å². The average molecular weight is 392 g/mol. The molecule has 3 nitrogen and oxygen atoms in total. The van der Waals surface area contributed by atoms with Gasteiger partial charge in [-0.2, -0.15) is 13.2 Å². The third kappa shape index (κ3) is 4.11. The Morgan fingerprint density at radius 2 is 1.62 bits per heavy atom. The largest absolute Gasteiger partial charge is 0.416 e. The molecule has 4 rings (SSSR count). The Labute approximate surface area is 164 Å². The molecule has 0 spiro atoms. The molecule has 6 heteroatoms. The molecule has 1 heterocycles. The summed E-state index contributed by atoms with van der Waals surface area (Å²) in [6.45, 7) is 0. The van der Waals surface area contributed by atoms with E-state index in [0.717, 1.165) is 34.0 Å². The number of anilines is 1. The molecule has 1 amide bonds. The standard InChI is InChI=1S/C23H15F3N2O/c24-23(25,26)20-5-2-6-21(13-20)28-22(29)18-4-1-3-16(11-18)17-8-7-15-9-10-27-14-19(15)12-17/h1-14H,(H,28,29). The van der Waals surface area contributed by atoms with E-state index in [0.29, 0.717) is 5.56 Å². The van der Waals surface area contributed by atoms with Gasteiger partial charge in [0.25, 0.3) is 5.91 Å². The summed E-state index contributed by atoms with van der Waals surface area (Å²) in [5.41, 5.74) is 1.37. The number of carbonyl (C=O) groups excluding carboxylic acids is 1. The summed E-state index contributed by atoms with van der Waals surface area (Å²) in [5, 5.41) is 4.56. The van der Waals surface area contributed by atoms with Crippen LogP contribution in [-0.4, -0.2) is 10.9 Å². The maximum Gasteiger partial charge on any atom is 0.416 e. The van der Waals surface area contributed by atoms with Crippen LogP contribution >= 0.6 is 0 Å². The van der Waals surface area contributed by atoms with Crippen LogP contribution in [0.2, 0.25) is 0 Å². The zero-order valence-electron chi connectivity index (χ0n) is 15.1. The van der Waals surface area contributed by atoms with Crippen molar-refractivity contribution >= 4 is 22.4 Å². The van der Waals surface area contributed by atoms with Crippen LogP contribution in [-0.2, 0) is 6.18 Å². The van der Waals surface area contributed by atoms with Gasteiger partial charge in [-0.3, -0.25) is 9.78 Å². The molecule has 0 aliphatic carbocycles. The Hall–Kier alpha value is -3.67. The average Bonchev–Trinajstić information content (AvgIpc) is 2.73. The van der Waals surface area contributed by atoms with Crippen LogP contribution in [0.15, 0.2) is 85.2 Å². The fourth-order valence-electron chi connectivity index (χ4n) is 3.08. The van der Waals surface area contributed by atoms with Gasteiger partial charge in [0.1, 0.15) is 0 Å². The van der Waals surface area contributed by atoms with Crippen LogP contribution in [0.5, 0.6) is 0 Å². The summed E-state index contributed by atoms with van der Waals surface area (Å²) < 4.78 is 38.6. The van der Waals surface area contributed by atoms with E-state index in [1.807, 2.05) is 30.3 Å². The summed E-state index contributed by atoms with van der Waals surface area (Å²) in [6.07, 6.45) is -0.977. The minimum atomic E-state index is -4.47. The highest BCUT2D eigenvalue weighted by Gasteiger charge is 2.30. The van der Waals surface area contributed by atoms with E-state index in [9.17, 15) is 18.0 Å². The Bertz CT molecular complexity index is 1200. The van der Waals surface area contributed by atoms with Crippen molar-refractivity contribution in [1.29, 1.82) is 0 Å². The highest BCUT2D eigenvalue weighted by atomic mass is 19.4. The minimum absolute atomic E-state index is 0.0898. The van der Waals surface area contributed by atoms with Crippen molar-refractivity contribution in [1.82, 2.24) is 4.98 Å². The molecule has 4 aromatic rings. The lowest BCUT2D eigenvalue weighted by molar-refractivity contribution is -0.137. The lowest BCUT2D eigenvalue weighted by Gasteiger charge is -2.11. The fourth-order valence-corrected chi connectivity index (χ4v) is 3.08. The van der Waals surface area contributed by atoms with Gasteiger partial charge in [-0.25, -0.2) is 0 Å². The van der Waals surface area contributed by atoms with Crippen LogP contribution < -0.4 is 5.32 Å². The van der Waals surface area contributed by atoms with Gasteiger partial charge >= 0.3 is 6.18 Å². The zero-order chi connectivity index (χ0) is 20.4. The molecule has 0 atom stereocenters. The van der Waals surface area contributed by atoms with Crippen molar-refractivity contribution in [3.8, 4) is 11.1 Å². The SMILES string of the molecule is O=C(Nc1cccc(C(F)(F)F)c1)c1cccc(-c2ccc3ccncc3c2)c1. The Morgan fingerprint density at radius 1 is 0.828 bits per heavy atom. The molecule has 0 bridgehead atoms. The molecule has 0 saturated carbocycles. The Kier molecular flexibility index (Phi) is 4.76. The Morgan fingerprint density at radius 3 is 2.45 bits per heavy atom. The second-order valence-electron chi connectivity index (χ2n) is 6.55. The van der Waals surface area contributed by atoms with Crippen LogP contribution in [0.3, 0.4) is 0 Å².